The second kappa shape index (κ2) is 8.63. The van der Waals surface area contributed by atoms with Crippen molar-refractivity contribution in [3.8, 4) is 0 Å². The van der Waals surface area contributed by atoms with E-state index in [1.807, 2.05) is 0 Å². The SMILES string of the molecule is CCCNC(CCc1ccc(CC)cc1)c1ccccc1. The third kappa shape index (κ3) is 5.02. The molecule has 0 aromatic heterocycles. The first-order chi connectivity index (χ1) is 10.3. The molecule has 0 radical (unpaired) electrons. The van der Waals surface area contributed by atoms with Crippen LogP contribution in [0.4, 0.5) is 0 Å². The molecule has 0 aliphatic heterocycles. The van der Waals surface area contributed by atoms with Gasteiger partial charge in [-0.25, -0.2) is 0 Å². The van der Waals surface area contributed by atoms with Crippen molar-refractivity contribution in [2.45, 2.75) is 45.6 Å². The van der Waals surface area contributed by atoms with Gasteiger partial charge in [0.25, 0.3) is 0 Å². The van der Waals surface area contributed by atoms with Crippen molar-refractivity contribution in [1.82, 2.24) is 5.32 Å². The first kappa shape index (κ1) is 15.8. The Balaban J connectivity index is 1.97. The summed E-state index contributed by atoms with van der Waals surface area (Å²) < 4.78 is 0. The Labute approximate surface area is 129 Å². The van der Waals surface area contributed by atoms with Crippen LogP contribution < -0.4 is 5.32 Å². The minimum Gasteiger partial charge on any atom is -0.310 e. The highest BCUT2D eigenvalue weighted by atomic mass is 14.9. The fourth-order valence-corrected chi connectivity index (χ4v) is 2.64. The van der Waals surface area contributed by atoms with Crippen molar-refractivity contribution < 1.29 is 0 Å². The van der Waals surface area contributed by atoms with E-state index in [0.717, 1.165) is 25.8 Å². The first-order valence-corrected chi connectivity index (χ1v) is 8.19. The predicted octanol–water partition coefficient (Wildman–Crippen LogP) is 4.92. The van der Waals surface area contributed by atoms with Gasteiger partial charge in [0.15, 0.2) is 0 Å². The van der Waals surface area contributed by atoms with E-state index in [1.165, 1.54) is 23.1 Å². The molecule has 2 aromatic carbocycles. The summed E-state index contributed by atoms with van der Waals surface area (Å²) in [5.74, 6) is 0. The standard InChI is InChI=1S/C20H27N/c1-3-16-21-20(19-8-6-5-7-9-19)15-14-18-12-10-17(4-2)11-13-18/h5-13,20-21H,3-4,14-16H2,1-2H3. The minimum atomic E-state index is 0.456. The van der Waals surface area contributed by atoms with Crippen LogP contribution in [0.15, 0.2) is 54.6 Å². The quantitative estimate of drug-likeness (QED) is 0.724. The van der Waals surface area contributed by atoms with Gasteiger partial charge in [0.05, 0.1) is 0 Å². The Hall–Kier alpha value is -1.60. The highest BCUT2D eigenvalue weighted by Crippen LogP contribution is 2.19. The molecule has 1 nitrogen and oxygen atoms in total. The third-order valence-electron chi connectivity index (χ3n) is 4.00. The van der Waals surface area contributed by atoms with Gasteiger partial charge in [0.1, 0.15) is 0 Å². The van der Waals surface area contributed by atoms with Crippen molar-refractivity contribution in [2.75, 3.05) is 6.54 Å². The Morgan fingerprint density at radius 2 is 1.52 bits per heavy atom. The van der Waals surface area contributed by atoms with E-state index in [0.29, 0.717) is 6.04 Å². The third-order valence-corrected chi connectivity index (χ3v) is 4.00. The molecule has 2 rings (SSSR count). The summed E-state index contributed by atoms with van der Waals surface area (Å²) in [7, 11) is 0. The minimum absolute atomic E-state index is 0.456. The molecule has 0 bridgehead atoms. The van der Waals surface area contributed by atoms with E-state index in [4.69, 9.17) is 0 Å². The van der Waals surface area contributed by atoms with Gasteiger partial charge in [0.2, 0.25) is 0 Å². The van der Waals surface area contributed by atoms with Gasteiger partial charge in [-0.1, -0.05) is 68.4 Å². The van der Waals surface area contributed by atoms with E-state index in [2.05, 4.69) is 73.8 Å². The number of aryl methyl sites for hydroxylation is 2. The molecule has 0 fully saturated rings. The lowest BCUT2D eigenvalue weighted by molar-refractivity contribution is 0.499. The molecule has 0 saturated heterocycles. The predicted molar refractivity (Wildman–Crippen MR) is 91.6 cm³/mol. The van der Waals surface area contributed by atoms with Crippen LogP contribution >= 0.6 is 0 Å². The second-order valence-electron chi connectivity index (χ2n) is 5.63. The van der Waals surface area contributed by atoms with Gasteiger partial charge in [-0.3, -0.25) is 0 Å². The van der Waals surface area contributed by atoms with Crippen LogP contribution in [0.25, 0.3) is 0 Å². The van der Waals surface area contributed by atoms with Gasteiger partial charge >= 0.3 is 0 Å². The molecular weight excluding hydrogens is 254 g/mol. The van der Waals surface area contributed by atoms with Crippen LogP contribution in [0.5, 0.6) is 0 Å². The van der Waals surface area contributed by atoms with Crippen molar-refractivity contribution in [3.63, 3.8) is 0 Å². The lowest BCUT2D eigenvalue weighted by Crippen LogP contribution is -2.22. The van der Waals surface area contributed by atoms with Gasteiger partial charge in [-0.2, -0.15) is 0 Å². The largest absolute Gasteiger partial charge is 0.310 e. The van der Waals surface area contributed by atoms with E-state index < -0.39 is 0 Å². The molecular formula is C20H27N. The Morgan fingerprint density at radius 3 is 2.14 bits per heavy atom. The fraction of sp³-hybridized carbons (Fsp3) is 0.400. The first-order valence-electron chi connectivity index (χ1n) is 8.19. The molecule has 2 aromatic rings. The summed E-state index contributed by atoms with van der Waals surface area (Å²) in [5, 5.41) is 3.68. The van der Waals surface area contributed by atoms with Crippen molar-refractivity contribution in [2.24, 2.45) is 0 Å². The van der Waals surface area contributed by atoms with Crippen LogP contribution in [0, 0.1) is 0 Å². The molecule has 1 atom stereocenters. The number of nitrogens with one attached hydrogen (secondary N) is 1. The van der Waals surface area contributed by atoms with Gasteiger partial charge in [0, 0.05) is 6.04 Å². The summed E-state index contributed by atoms with van der Waals surface area (Å²) in [6.07, 6.45) is 4.56. The number of rotatable bonds is 8. The summed E-state index contributed by atoms with van der Waals surface area (Å²) in [5.41, 5.74) is 4.25. The molecule has 1 unspecified atom stereocenters. The van der Waals surface area contributed by atoms with Crippen molar-refractivity contribution in [1.29, 1.82) is 0 Å². The molecule has 1 N–H and O–H groups in total. The highest BCUT2D eigenvalue weighted by molar-refractivity contribution is 5.24. The van der Waals surface area contributed by atoms with Crippen molar-refractivity contribution in [3.05, 3.63) is 71.3 Å². The Bertz CT molecular complexity index is 501. The number of hydrogen-bond donors (Lipinski definition) is 1. The summed E-state index contributed by atoms with van der Waals surface area (Å²) in [6.45, 7) is 5.50. The zero-order valence-electron chi connectivity index (χ0n) is 13.3. The number of hydrogen-bond acceptors (Lipinski definition) is 1. The molecule has 112 valence electrons. The van der Waals surface area contributed by atoms with Crippen LogP contribution in [0.3, 0.4) is 0 Å². The van der Waals surface area contributed by atoms with E-state index in [-0.39, 0.29) is 0 Å². The maximum atomic E-state index is 3.68. The lowest BCUT2D eigenvalue weighted by atomic mass is 9.98. The zero-order chi connectivity index (χ0) is 14.9. The molecule has 0 amide bonds. The van der Waals surface area contributed by atoms with E-state index in [1.54, 1.807) is 0 Å². The molecule has 0 saturated carbocycles. The van der Waals surface area contributed by atoms with Gasteiger partial charge in [-0.15, -0.1) is 0 Å². The molecule has 0 heterocycles. The van der Waals surface area contributed by atoms with Crippen LogP contribution in [-0.4, -0.2) is 6.54 Å². The van der Waals surface area contributed by atoms with Crippen LogP contribution in [0.2, 0.25) is 0 Å². The average molecular weight is 281 g/mol. The maximum Gasteiger partial charge on any atom is 0.0323 e. The maximum absolute atomic E-state index is 3.68. The summed E-state index contributed by atoms with van der Waals surface area (Å²) >= 11 is 0. The smallest absolute Gasteiger partial charge is 0.0323 e. The van der Waals surface area contributed by atoms with Crippen LogP contribution in [-0.2, 0) is 12.8 Å². The van der Waals surface area contributed by atoms with E-state index in [9.17, 15) is 0 Å². The summed E-state index contributed by atoms with van der Waals surface area (Å²) in [4.78, 5) is 0. The fourth-order valence-electron chi connectivity index (χ4n) is 2.64. The molecule has 0 spiro atoms. The monoisotopic (exact) mass is 281 g/mol. The molecule has 0 aliphatic carbocycles. The topological polar surface area (TPSA) is 12.0 Å². The molecule has 0 aliphatic rings. The van der Waals surface area contributed by atoms with Crippen molar-refractivity contribution >= 4 is 0 Å². The highest BCUT2D eigenvalue weighted by Gasteiger charge is 2.10. The molecule has 1 heteroatoms. The summed E-state index contributed by atoms with van der Waals surface area (Å²) in [6, 6.07) is 20.3. The van der Waals surface area contributed by atoms with Gasteiger partial charge in [-0.05, 0) is 48.9 Å². The van der Waals surface area contributed by atoms with Gasteiger partial charge < -0.3 is 5.32 Å². The van der Waals surface area contributed by atoms with E-state index >= 15 is 0 Å². The normalized spacial score (nSPS) is 12.3. The molecule has 21 heavy (non-hydrogen) atoms. The number of benzene rings is 2. The Kier molecular flexibility index (Phi) is 6.49. The second-order valence-corrected chi connectivity index (χ2v) is 5.63. The Morgan fingerprint density at radius 1 is 0.857 bits per heavy atom. The lowest BCUT2D eigenvalue weighted by Gasteiger charge is -2.19. The van der Waals surface area contributed by atoms with Crippen LogP contribution in [0.1, 0.15) is 49.4 Å². The zero-order valence-corrected chi connectivity index (χ0v) is 13.3. The average Bonchev–Trinajstić information content (AvgIpc) is 2.56.